The highest BCUT2D eigenvalue weighted by molar-refractivity contribution is 7.91. The van der Waals surface area contributed by atoms with Crippen molar-refractivity contribution in [2.24, 2.45) is 0 Å². The zero-order valence-corrected chi connectivity index (χ0v) is 15.7. The maximum atomic E-state index is 12.6. The third-order valence-electron chi connectivity index (χ3n) is 4.00. The largest absolute Gasteiger partial charge is 0.381 e. The van der Waals surface area contributed by atoms with Crippen LogP contribution < -0.4 is 11.1 Å². The predicted molar refractivity (Wildman–Crippen MR) is 101 cm³/mol. The fraction of sp³-hybridized carbons (Fsp3) is 0.167. The lowest BCUT2D eigenvalue weighted by atomic mass is 10.1. The summed E-state index contributed by atoms with van der Waals surface area (Å²) in [5, 5.41) is 9.79. The van der Waals surface area contributed by atoms with Gasteiger partial charge in [0.05, 0.1) is 4.90 Å². The molecular weight excluding hydrogens is 366 g/mol. The molecule has 0 bridgehead atoms. The first-order chi connectivity index (χ1) is 12.8. The van der Waals surface area contributed by atoms with Gasteiger partial charge < -0.3 is 11.1 Å². The lowest BCUT2D eigenvalue weighted by Crippen LogP contribution is -2.21. The maximum Gasteiger partial charge on any atom is 0.246 e. The molecule has 0 aliphatic rings. The zero-order valence-electron chi connectivity index (χ0n) is 14.9. The molecule has 0 saturated carbocycles. The number of hydrogen-bond donors (Lipinski definition) is 2. The van der Waals surface area contributed by atoms with Crippen LogP contribution in [0, 0.1) is 13.8 Å². The first kappa shape index (κ1) is 18.6. The number of aryl methyl sites for hydroxylation is 2. The van der Waals surface area contributed by atoms with Crippen LogP contribution in [0.5, 0.6) is 0 Å². The van der Waals surface area contributed by atoms with Gasteiger partial charge in [0.1, 0.15) is 6.54 Å². The Labute approximate surface area is 156 Å². The molecule has 0 aliphatic heterocycles. The molecule has 1 aromatic heterocycles. The number of benzene rings is 2. The van der Waals surface area contributed by atoms with E-state index in [9.17, 15) is 13.2 Å². The van der Waals surface area contributed by atoms with Crippen LogP contribution in [0.4, 0.5) is 11.5 Å². The van der Waals surface area contributed by atoms with Gasteiger partial charge in [0.25, 0.3) is 0 Å². The van der Waals surface area contributed by atoms with Crippen molar-refractivity contribution in [2.45, 2.75) is 30.3 Å². The van der Waals surface area contributed by atoms with Gasteiger partial charge in [-0.15, -0.1) is 5.10 Å². The number of anilines is 2. The molecule has 3 rings (SSSR count). The Hall–Kier alpha value is -3.20. The van der Waals surface area contributed by atoms with Gasteiger partial charge in [0.2, 0.25) is 20.8 Å². The Kier molecular flexibility index (Phi) is 4.95. The summed E-state index contributed by atoms with van der Waals surface area (Å²) in [4.78, 5) is 12.4. The highest BCUT2D eigenvalue weighted by Gasteiger charge is 2.26. The molecule has 0 saturated heterocycles. The third kappa shape index (κ3) is 3.82. The number of nitrogens with zero attached hydrogens (tertiary/aromatic N) is 3. The van der Waals surface area contributed by atoms with Crippen LogP contribution in [0.1, 0.15) is 11.1 Å². The Morgan fingerprint density at radius 1 is 1.15 bits per heavy atom. The van der Waals surface area contributed by atoms with Gasteiger partial charge in [-0.2, -0.15) is 0 Å². The molecule has 9 heteroatoms. The lowest BCUT2D eigenvalue weighted by Gasteiger charge is -2.09. The van der Waals surface area contributed by atoms with Crippen molar-refractivity contribution in [3.63, 3.8) is 0 Å². The molecule has 0 radical (unpaired) electrons. The summed E-state index contributed by atoms with van der Waals surface area (Å²) in [6.07, 6.45) is 0. The summed E-state index contributed by atoms with van der Waals surface area (Å²) in [7, 11) is -3.91. The molecule has 0 aliphatic carbocycles. The number of carbonyl (C=O) groups is 1. The molecule has 140 valence electrons. The topological polar surface area (TPSA) is 120 Å². The van der Waals surface area contributed by atoms with E-state index in [4.69, 9.17) is 5.73 Å². The van der Waals surface area contributed by atoms with Gasteiger partial charge in [-0.1, -0.05) is 41.1 Å². The van der Waals surface area contributed by atoms with Crippen molar-refractivity contribution >= 4 is 27.2 Å². The minimum absolute atomic E-state index is 0.0588. The van der Waals surface area contributed by atoms with Crippen molar-refractivity contribution in [3.8, 4) is 0 Å². The summed E-state index contributed by atoms with van der Waals surface area (Å²) in [5.74, 6) is -0.572. The normalized spacial score (nSPS) is 11.3. The quantitative estimate of drug-likeness (QED) is 0.693. The van der Waals surface area contributed by atoms with Crippen LogP contribution >= 0.6 is 0 Å². The number of amides is 1. The van der Waals surface area contributed by atoms with Gasteiger partial charge in [-0.25, -0.2) is 13.1 Å². The van der Waals surface area contributed by atoms with Crippen LogP contribution in [0.3, 0.4) is 0 Å². The third-order valence-corrected chi connectivity index (χ3v) is 5.69. The van der Waals surface area contributed by atoms with E-state index in [1.54, 1.807) is 24.3 Å². The van der Waals surface area contributed by atoms with Crippen molar-refractivity contribution in [1.29, 1.82) is 0 Å². The van der Waals surface area contributed by atoms with Gasteiger partial charge in [-0.05, 0) is 37.6 Å². The average Bonchev–Trinajstić information content (AvgIpc) is 2.99. The summed E-state index contributed by atoms with van der Waals surface area (Å²) in [6.45, 7) is 3.59. The number of nitrogens with one attached hydrogen (secondary N) is 1. The van der Waals surface area contributed by atoms with E-state index in [2.05, 4.69) is 15.6 Å². The molecule has 0 atom stereocenters. The van der Waals surface area contributed by atoms with Gasteiger partial charge in [-0.3, -0.25) is 4.79 Å². The minimum atomic E-state index is -3.91. The highest BCUT2D eigenvalue weighted by atomic mass is 32.2. The van der Waals surface area contributed by atoms with E-state index in [-0.39, 0.29) is 28.2 Å². The van der Waals surface area contributed by atoms with E-state index in [1.807, 2.05) is 26.0 Å². The molecular formula is C18H19N5O3S. The maximum absolute atomic E-state index is 12.6. The standard InChI is InChI=1S/C18H19N5O3S/c1-12-8-9-15(13(2)10-12)20-16(24)11-23-17(19)18(21-22-23)27(25,26)14-6-4-3-5-7-14/h3-10H,11,19H2,1-2H3,(H,20,24). The molecule has 1 amide bonds. The van der Waals surface area contributed by atoms with E-state index >= 15 is 0 Å². The minimum Gasteiger partial charge on any atom is -0.381 e. The summed E-state index contributed by atoms with van der Waals surface area (Å²) < 4.78 is 26.3. The zero-order chi connectivity index (χ0) is 19.6. The van der Waals surface area contributed by atoms with E-state index in [0.29, 0.717) is 5.69 Å². The van der Waals surface area contributed by atoms with E-state index in [1.165, 1.54) is 12.1 Å². The van der Waals surface area contributed by atoms with E-state index in [0.717, 1.165) is 15.8 Å². The van der Waals surface area contributed by atoms with Crippen molar-refractivity contribution in [3.05, 3.63) is 59.7 Å². The Morgan fingerprint density at radius 2 is 1.85 bits per heavy atom. The Bertz CT molecular complexity index is 1090. The van der Waals surface area contributed by atoms with Gasteiger partial charge in [0.15, 0.2) is 5.82 Å². The molecule has 3 aromatic rings. The number of aromatic nitrogens is 3. The van der Waals surface area contributed by atoms with Crippen LogP contribution in [-0.2, 0) is 21.2 Å². The molecule has 27 heavy (non-hydrogen) atoms. The molecule has 0 fully saturated rings. The molecule has 1 heterocycles. The lowest BCUT2D eigenvalue weighted by molar-refractivity contribution is -0.116. The van der Waals surface area contributed by atoms with Gasteiger partial charge in [0, 0.05) is 5.69 Å². The SMILES string of the molecule is Cc1ccc(NC(=O)Cn2nnc(S(=O)(=O)c3ccccc3)c2N)c(C)c1. The second-order valence-electron chi connectivity index (χ2n) is 6.12. The first-order valence-electron chi connectivity index (χ1n) is 8.15. The number of nitrogens with two attached hydrogens (primary N) is 1. The Morgan fingerprint density at radius 3 is 2.52 bits per heavy atom. The molecule has 3 N–H and O–H groups in total. The second-order valence-corrected chi connectivity index (χ2v) is 7.99. The van der Waals surface area contributed by atoms with Crippen LogP contribution in [0.25, 0.3) is 0 Å². The first-order valence-corrected chi connectivity index (χ1v) is 9.63. The number of sulfone groups is 1. The van der Waals surface area contributed by atoms with Crippen LogP contribution in [-0.4, -0.2) is 29.3 Å². The van der Waals surface area contributed by atoms with Crippen LogP contribution in [0.15, 0.2) is 58.5 Å². The molecule has 0 spiro atoms. The monoisotopic (exact) mass is 385 g/mol. The van der Waals surface area contributed by atoms with E-state index < -0.39 is 9.84 Å². The van der Waals surface area contributed by atoms with Crippen molar-refractivity contribution in [1.82, 2.24) is 15.0 Å². The average molecular weight is 385 g/mol. The molecule has 0 unspecified atom stereocenters. The second kappa shape index (κ2) is 7.20. The number of carbonyl (C=O) groups excluding carboxylic acids is 1. The molecule has 2 aromatic carbocycles. The van der Waals surface area contributed by atoms with Crippen molar-refractivity contribution < 1.29 is 13.2 Å². The van der Waals surface area contributed by atoms with Crippen molar-refractivity contribution in [2.75, 3.05) is 11.1 Å². The predicted octanol–water partition coefficient (Wildman–Crippen LogP) is 1.95. The molecule has 8 nitrogen and oxygen atoms in total. The number of rotatable bonds is 5. The fourth-order valence-corrected chi connectivity index (χ4v) is 3.87. The fourth-order valence-electron chi connectivity index (χ4n) is 2.60. The summed E-state index contributed by atoms with van der Waals surface area (Å²) in [6, 6.07) is 13.4. The Balaban J connectivity index is 1.80. The number of hydrogen-bond acceptors (Lipinski definition) is 6. The smallest absolute Gasteiger partial charge is 0.246 e. The summed E-state index contributed by atoms with van der Waals surface area (Å²) >= 11 is 0. The van der Waals surface area contributed by atoms with Crippen LogP contribution in [0.2, 0.25) is 0 Å². The van der Waals surface area contributed by atoms with Gasteiger partial charge >= 0.3 is 0 Å². The summed E-state index contributed by atoms with van der Waals surface area (Å²) in [5.41, 5.74) is 8.57. The highest BCUT2D eigenvalue weighted by Crippen LogP contribution is 2.23. The number of nitrogen functional groups attached to an aromatic ring is 1.